The van der Waals surface area contributed by atoms with Crippen molar-refractivity contribution < 1.29 is 13.9 Å². The molecule has 4 rings (SSSR count). The van der Waals surface area contributed by atoms with Crippen LogP contribution in [0.3, 0.4) is 0 Å². The summed E-state index contributed by atoms with van der Waals surface area (Å²) in [5, 5.41) is 7.04. The Balaban J connectivity index is 1.43. The van der Waals surface area contributed by atoms with Gasteiger partial charge in [-0.2, -0.15) is 5.10 Å². The van der Waals surface area contributed by atoms with Crippen molar-refractivity contribution in [3.63, 3.8) is 0 Å². The maximum atomic E-state index is 13.0. The van der Waals surface area contributed by atoms with Crippen molar-refractivity contribution in [3.8, 4) is 11.1 Å². The van der Waals surface area contributed by atoms with Gasteiger partial charge in [0, 0.05) is 43.3 Å². The number of ether oxygens (including phenoxy) is 1. The van der Waals surface area contributed by atoms with E-state index in [1.807, 2.05) is 43.4 Å². The number of aromatic nitrogens is 3. The number of morpholine rings is 1. The molecule has 0 bridgehead atoms. The highest BCUT2D eigenvalue weighted by molar-refractivity contribution is 5.92. The topological polar surface area (TPSA) is 72.3 Å². The number of halogens is 1. The number of carbonyl (C=O) groups excluding carboxylic acids is 1. The average Bonchev–Trinajstić information content (AvgIpc) is 3.16. The van der Waals surface area contributed by atoms with Gasteiger partial charge in [-0.1, -0.05) is 0 Å². The van der Waals surface area contributed by atoms with Crippen LogP contribution in [0.1, 0.15) is 17.5 Å². The number of rotatable bonds is 5. The van der Waals surface area contributed by atoms with Crippen LogP contribution in [0.15, 0.2) is 48.8 Å². The third-order valence-corrected chi connectivity index (χ3v) is 4.99. The van der Waals surface area contributed by atoms with Crippen molar-refractivity contribution >= 4 is 11.6 Å². The van der Waals surface area contributed by atoms with Crippen molar-refractivity contribution in [1.29, 1.82) is 0 Å². The highest BCUT2D eigenvalue weighted by Gasteiger charge is 2.25. The molecule has 7 nitrogen and oxygen atoms in total. The van der Waals surface area contributed by atoms with Gasteiger partial charge in [0.15, 0.2) is 0 Å². The predicted molar refractivity (Wildman–Crippen MR) is 111 cm³/mol. The van der Waals surface area contributed by atoms with Gasteiger partial charge >= 0.3 is 0 Å². The Labute approximate surface area is 174 Å². The van der Waals surface area contributed by atoms with Gasteiger partial charge in [-0.05, 0) is 48.9 Å². The number of nitrogens with zero attached hydrogens (tertiary/aromatic N) is 4. The zero-order chi connectivity index (χ0) is 21.1. The second-order valence-electron chi connectivity index (χ2n) is 7.47. The molecule has 1 amide bonds. The molecule has 1 saturated heterocycles. The first-order valence-electron chi connectivity index (χ1n) is 9.83. The van der Waals surface area contributed by atoms with Crippen LogP contribution in [0.25, 0.3) is 11.1 Å². The van der Waals surface area contributed by atoms with Crippen molar-refractivity contribution in [1.82, 2.24) is 19.7 Å². The van der Waals surface area contributed by atoms with Gasteiger partial charge in [0.1, 0.15) is 11.9 Å². The molecule has 0 spiro atoms. The summed E-state index contributed by atoms with van der Waals surface area (Å²) in [4.78, 5) is 19.1. The highest BCUT2D eigenvalue weighted by atomic mass is 19.1. The van der Waals surface area contributed by atoms with Gasteiger partial charge in [-0.25, -0.2) is 4.39 Å². The standard InChI is InChI=1S/C22H24FN5O2/c1-15-9-16(17-11-24-27(2)12-17)10-20(25-15)21-13-28(7-8-30-21)14-22(29)26-19-5-3-18(23)4-6-19/h3-6,9-12,21H,7-8,13-14H2,1-2H3,(H,26,29). The van der Waals surface area contributed by atoms with Gasteiger partial charge in [0.25, 0.3) is 0 Å². The Bertz CT molecular complexity index is 1030. The second-order valence-corrected chi connectivity index (χ2v) is 7.47. The Morgan fingerprint density at radius 1 is 1.27 bits per heavy atom. The number of aryl methyl sites for hydroxylation is 2. The largest absolute Gasteiger partial charge is 0.369 e. The molecule has 0 radical (unpaired) electrons. The van der Waals surface area contributed by atoms with E-state index < -0.39 is 0 Å². The molecule has 1 aliphatic rings. The lowest BCUT2D eigenvalue weighted by molar-refractivity contribution is -0.119. The summed E-state index contributed by atoms with van der Waals surface area (Å²) in [6.45, 7) is 3.94. The van der Waals surface area contributed by atoms with Crippen molar-refractivity contribution in [2.45, 2.75) is 13.0 Å². The third kappa shape index (κ3) is 4.90. The van der Waals surface area contributed by atoms with Crippen molar-refractivity contribution in [2.24, 2.45) is 7.05 Å². The van der Waals surface area contributed by atoms with E-state index in [2.05, 4.69) is 15.4 Å². The quantitative estimate of drug-likeness (QED) is 0.702. The van der Waals surface area contributed by atoms with E-state index >= 15 is 0 Å². The van der Waals surface area contributed by atoms with E-state index in [0.717, 1.165) is 22.5 Å². The van der Waals surface area contributed by atoms with E-state index in [9.17, 15) is 9.18 Å². The lowest BCUT2D eigenvalue weighted by atomic mass is 10.1. The molecule has 2 aromatic heterocycles. The fourth-order valence-electron chi connectivity index (χ4n) is 3.56. The Morgan fingerprint density at radius 2 is 2.07 bits per heavy atom. The summed E-state index contributed by atoms with van der Waals surface area (Å²) in [5.74, 6) is -0.476. The molecule has 156 valence electrons. The van der Waals surface area contributed by atoms with E-state index in [-0.39, 0.29) is 24.4 Å². The molecule has 1 unspecified atom stereocenters. The molecule has 0 aliphatic carbocycles. The molecule has 3 aromatic rings. The maximum absolute atomic E-state index is 13.0. The predicted octanol–water partition coefficient (Wildman–Crippen LogP) is 2.94. The third-order valence-electron chi connectivity index (χ3n) is 4.99. The number of amides is 1. The molecule has 30 heavy (non-hydrogen) atoms. The number of nitrogens with one attached hydrogen (secondary N) is 1. The minimum atomic E-state index is -0.333. The lowest BCUT2D eigenvalue weighted by Gasteiger charge is -2.32. The van der Waals surface area contributed by atoms with E-state index in [0.29, 0.717) is 25.4 Å². The van der Waals surface area contributed by atoms with E-state index in [1.54, 1.807) is 16.8 Å². The smallest absolute Gasteiger partial charge is 0.238 e. The normalized spacial score (nSPS) is 17.1. The van der Waals surface area contributed by atoms with Crippen LogP contribution in [0.4, 0.5) is 10.1 Å². The summed E-state index contributed by atoms with van der Waals surface area (Å²) in [6, 6.07) is 9.79. The average molecular weight is 409 g/mol. The van der Waals surface area contributed by atoms with Crippen LogP contribution in [0.2, 0.25) is 0 Å². The molecule has 1 atom stereocenters. The van der Waals surface area contributed by atoms with Crippen molar-refractivity contribution in [2.75, 3.05) is 31.6 Å². The minimum Gasteiger partial charge on any atom is -0.369 e. The van der Waals surface area contributed by atoms with Crippen LogP contribution in [0.5, 0.6) is 0 Å². The molecule has 0 saturated carbocycles. The molecule has 3 heterocycles. The summed E-state index contributed by atoms with van der Waals surface area (Å²) >= 11 is 0. The first kappa shape index (κ1) is 20.2. The Morgan fingerprint density at radius 3 is 2.80 bits per heavy atom. The minimum absolute atomic E-state index is 0.143. The monoisotopic (exact) mass is 409 g/mol. The second kappa shape index (κ2) is 8.73. The molecular weight excluding hydrogens is 385 g/mol. The zero-order valence-electron chi connectivity index (χ0n) is 17.0. The van der Waals surface area contributed by atoms with Crippen LogP contribution in [-0.4, -0.2) is 51.8 Å². The molecule has 8 heteroatoms. The summed E-state index contributed by atoms with van der Waals surface area (Å²) in [6.07, 6.45) is 3.58. The van der Waals surface area contributed by atoms with Crippen LogP contribution in [-0.2, 0) is 16.6 Å². The number of pyridine rings is 1. The molecule has 1 aliphatic heterocycles. The summed E-state index contributed by atoms with van der Waals surface area (Å²) in [7, 11) is 1.89. The van der Waals surface area contributed by atoms with Crippen LogP contribution in [0, 0.1) is 12.7 Å². The number of hydrogen-bond acceptors (Lipinski definition) is 5. The van der Waals surface area contributed by atoms with Gasteiger partial charge in [0.05, 0.1) is 25.0 Å². The fourth-order valence-corrected chi connectivity index (χ4v) is 3.56. The summed E-state index contributed by atoms with van der Waals surface area (Å²) < 4.78 is 20.7. The van der Waals surface area contributed by atoms with Gasteiger partial charge in [-0.3, -0.25) is 19.4 Å². The van der Waals surface area contributed by atoms with Crippen LogP contribution < -0.4 is 5.32 Å². The molecule has 1 fully saturated rings. The Kier molecular flexibility index (Phi) is 5.87. The molecular formula is C22H24FN5O2. The van der Waals surface area contributed by atoms with Gasteiger partial charge in [0.2, 0.25) is 5.91 Å². The zero-order valence-corrected chi connectivity index (χ0v) is 17.0. The SMILES string of the molecule is Cc1cc(-c2cnn(C)c2)cc(C2CN(CC(=O)Nc3ccc(F)cc3)CCO2)n1. The fraction of sp³-hybridized carbons (Fsp3) is 0.318. The van der Waals surface area contributed by atoms with Crippen molar-refractivity contribution in [3.05, 3.63) is 66.0 Å². The maximum Gasteiger partial charge on any atom is 0.238 e. The Hall–Kier alpha value is -3.10. The lowest BCUT2D eigenvalue weighted by Crippen LogP contribution is -2.42. The van der Waals surface area contributed by atoms with E-state index in [1.165, 1.54) is 12.1 Å². The summed E-state index contributed by atoms with van der Waals surface area (Å²) in [5.41, 5.74) is 4.39. The van der Waals surface area contributed by atoms with E-state index in [4.69, 9.17) is 4.74 Å². The van der Waals surface area contributed by atoms with Gasteiger partial charge < -0.3 is 10.1 Å². The number of carbonyl (C=O) groups is 1. The number of benzene rings is 1. The first-order valence-corrected chi connectivity index (χ1v) is 9.83. The van der Waals surface area contributed by atoms with Crippen LogP contribution >= 0.6 is 0 Å². The van der Waals surface area contributed by atoms with Gasteiger partial charge in [-0.15, -0.1) is 0 Å². The highest BCUT2D eigenvalue weighted by Crippen LogP contribution is 2.26. The number of anilines is 1. The molecule has 1 N–H and O–H groups in total. The first-order chi connectivity index (χ1) is 14.5. The molecule has 1 aromatic carbocycles. The number of hydrogen-bond donors (Lipinski definition) is 1.